The van der Waals surface area contributed by atoms with Crippen molar-refractivity contribution in [2.75, 3.05) is 0 Å². The maximum Gasteiger partial charge on any atom is 0.191 e. The zero-order chi connectivity index (χ0) is 17.8. The summed E-state index contributed by atoms with van der Waals surface area (Å²) in [5.74, 6) is 2.58. The van der Waals surface area contributed by atoms with Crippen LogP contribution in [0.3, 0.4) is 0 Å². The second-order valence-corrected chi connectivity index (χ2v) is 7.29. The number of thioether (sulfide) groups is 1. The first-order valence-electron chi connectivity index (χ1n) is 8.29. The number of aryl methyl sites for hydroxylation is 3. The van der Waals surface area contributed by atoms with E-state index in [-0.39, 0.29) is 0 Å². The summed E-state index contributed by atoms with van der Waals surface area (Å²) in [6.45, 7) is 6.67. The number of aromatic nitrogens is 3. The van der Waals surface area contributed by atoms with Gasteiger partial charge in [0.25, 0.3) is 0 Å². The van der Waals surface area contributed by atoms with E-state index in [0.29, 0.717) is 6.61 Å². The van der Waals surface area contributed by atoms with Gasteiger partial charge in [-0.05, 0) is 49.6 Å². The molecule has 0 spiro atoms. The van der Waals surface area contributed by atoms with Crippen molar-refractivity contribution in [1.82, 2.24) is 14.8 Å². The van der Waals surface area contributed by atoms with E-state index in [0.717, 1.165) is 22.5 Å². The van der Waals surface area contributed by atoms with Crippen LogP contribution >= 0.6 is 11.8 Å². The number of hydrogen-bond donors (Lipinski definition) is 0. The van der Waals surface area contributed by atoms with Crippen LogP contribution in [0.5, 0.6) is 5.75 Å². The lowest BCUT2D eigenvalue weighted by Crippen LogP contribution is -2.04. The van der Waals surface area contributed by atoms with Crippen molar-refractivity contribution in [1.29, 1.82) is 0 Å². The van der Waals surface area contributed by atoms with Gasteiger partial charge >= 0.3 is 0 Å². The van der Waals surface area contributed by atoms with Gasteiger partial charge in [0, 0.05) is 12.8 Å². The van der Waals surface area contributed by atoms with Gasteiger partial charge in [-0.2, -0.15) is 0 Å². The Morgan fingerprint density at radius 1 is 0.960 bits per heavy atom. The smallest absolute Gasteiger partial charge is 0.191 e. The Morgan fingerprint density at radius 3 is 2.44 bits per heavy atom. The zero-order valence-electron chi connectivity index (χ0n) is 15.1. The fourth-order valence-corrected chi connectivity index (χ4v) is 3.58. The molecule has 0 amide bonds. The minimum atomic E-state index is 0.414. The molecule has 1 aromatic heterocycles. The number of nitrogens with zero attached hydrogens (tertiary/aromatic N) is 3. The van der Waals surface area contributed by atoms with E-state index < -0.39 is 0 Å². The Labute approximate surface area is 153 Å². The third kappa shape index (κ3) is 4.63. The average Bonchev–Trinajstić information content (AvgIpc) is 2.90. The predicted octanol–water partition coefficient (Wildman–Crippen LogP) is 4.61. The molecule has 0 N–H and O–H groups in total. The van der Waals surface area contributed by atoms with E-state index in [9.17, 15) is 0 Å². The van der Waals surface area contributed by atoms with Gasteiger partial charge in [0.2, 0.25) is 0 Å². The number of benzene rings is 2. The molecule has 5 heteroatoms. The Kier molecular flexibility index (Phi) is 5.43. The number of rotatable bonds is 6. The zero-order valence-corrected chi connectivity index (χ0v) is 15.9. The summed E-state index contributed by atoms with van der Waals surface area (Å²) >= 11 is 1.69. The summed E-state index contributed by atoms with van der Waals surface area (Å²) in [6.07, 6.45) is 0. The Morgan fingerprint density at radius 2 is 1.72 bits per heavy atom. The van der Waals surface area contributed by atoms with Gasteiger partial charge in [0.1, 0.15) is 12.4 Å². The third-order valence-corrected chi connectivity index (χ3v) is 5.03. The highest BCUT2D eigenvalue weighted by atomic mass is 32.2. The molecule has 0 aliphatic heterocycles. The Balaban J connectivity index is 1.62. The molecule has 0 saturated carbocycles. The molecule has 1 heterocycles. The summed E-state index contributed by atoms with van der Waals surface area (Å²) in [6, 6.07) is 14.8. The minimum Gasteiger partial charge on any atom is -0.486 e. The first kappa shape index (κ1) is 17.5. The second kappa shape index (κ2) is 7.74. The quantitative estimate of drug-likeness (QED) is 0.607. The van der Waals surface area contributed by atoms with Crippen LogP contribution in [0.15, 0.2) is 47.6 Å². The molecule has 3 rings (SSSR count). The first-order chi connectivity index (χ1) is 12.0. The SMILES string of the molecule is Cc1cccc(CSc2nnc(COc3cc(C)cc(C)c3)n2C)c1. The van der Waals surface area contributed by atoms with Crippen molar-refractivity contribution in [3.63, 3.8) is 0 Å². The van der Waals surface area contributed by atoms with E-state index in [1.54, 1.807) is 11.8 Å². The van der Waals surface area contributed by atoms with E-state index in [1.807, 2.05) is 23.7 Å². The number of ether oxygens (including phenoxy) is 1. The molecule has 0 radical (unpaired) electrons. The van der Waals surface area contributed by atoms with Gasteiger partial charge in [-0.15, -0.1) is 10.2 Å². The standard InChI is InChI=1S/C20H23N3OS/c1-14-6-5-7-17(9-14)13-25-20-22-21-19(23(20)4)12-24-18-10-15(2)8-16(3)11-18/h5-11H,12-13H2,1-4H3. The monoisotopic (exact) mass is 353 g/mol. The lowest BCUT2D eigenvalue weighted by atomic mass is 10.1. The largest absolute Gasteiger partial charge is 0.486 e. The van der Waals surface area contributed by atoms with Crippen molar-refractivity contribution >= 4 is 11.8 Å². The van der Waals surface area contributed by atoms with Crippen LogP contribution in [0.1, 0.15) is 28.1 Å². The lowest BCUT2D eigenvalue weighted by molar-refractivity contribution is 0.290. The average molecular weight is 353 g/mol. The lowest BCUT2D eigenvalue weighted by Gasteiger charge is -2.08. The van der Waals surface area contributed by atoms with Crippen molar-refractivity contribution < 1.29 is 4.74 Å². The van der Waals surface area contributed by atoms with Gasteiger partial charge in [-0.1, -0.05) is 47.7 Å². The van der Waals surface area contributed by atoms with Crippen LogP contribution < -0.4 is 4.74 Å². The highest BCUT2D eigenvalue weighted by Crippen LogP contribution is 2.22. The van der Waals surface area contributed by atoms with Crippen LogP contribution in [0.4, 0.5) is 0 Å². The van der Waals surface area contributed by atoms with Crippen LogP contribution in [0, 0.1) is 20.8 Å². The molecule has 2 aromatic carbocycles. The molecule has 0 aliphatic carbocycles. The van der Waals surface area contributed by atoms with Gasteiger partial charge in [0.15, 0.2) is 11.0 Å². The summed E-state index contributed by atoms with van der Waals surface area (Å²) in [5.41, 5.74) is 4.96. The van der Waals surface area contributed by atoms with E-state index >= 15 is 0 Å². The minimum absolute atomic E-state index is 0.414. The van der Waals surface area contributed by atoms with Crippen LogP contribution in [0.2, 0.25) is 0 Å². The molecule has 25 heavy (non-hydrogen) atoms. The molecular formula is C20H23N3OS. The molecule has 4 nitrogen and oxygen atoms in total. The molecule has 3 aromatic rings. The highest BCUT2D eigenvalue weighted by molar-refractivity contribution is 7.98. The number of hydrogen-bond acceptors (Lipinski definition) is 4. The molecular weight excluding hydrogens is 330 g/mol. The second-order valence-electron chi connectivity index (χ2n) is 6.35. The van der Waals surface area contributed by atoms with Crippen molar-refractivity contribution in [2.45, 2.75) is 38.3 Å². The van der Waals surface area contributed by atoms with Gasteiger partial charge in [0.05, 0.1) is 0 Å². The molecule has 0 aliphatic rings. The maximum absolute atomic E-state index is 5.89. The first-order valence-corrected chi connectivity index (χ1v) is 9.27. The predicted molar refractivity (Wildman–Crippen MR) is 102 cm³/mol. The summed E-state index contributed by atoms with van der Waals surface area (Å²) in [7, 11) is 1.98. The molecule has 0 bridgehead atoms. The van der Waals surface area contributed by atoms with Crippen LogP contribution in [-0.2, 0) is 19.4 Å². The molecule has 0 atom stereocenters. The van der Waals surface area contributed by atoms with E-state index in [4.69, 9.17) is 4.74 Å². The molecule has 0 fully saturated rings. The highest BCUT2D eigenvalue weighted by Gasteiger charge is 2.10. The molecule has 130 valence electrons. The summed E-state index contributed by atoms with van der Waals surface area (Å²) < 4.78 is 7.90. The fourth-order valence-electron chi connectivity index (χ4n) is 2.71. The van der Waals surface area contributed by atoms with Gasteiger partial charge in [-0.3, -0.25) is 0 Å². The van der Waals surface area contributed by atoms with Crippen LogP contribution in [0.25, 0.3) is 0 Å². The summed E-state index contributed by atoms with van der Waals surface area (Å²) in [4.78, 5) is 0. The van der Waals surface area contributed by atoms with Crippen molar-refractivity contribution in [3.8, 4) is 5.75 Å². The summed E-state index contributed by atoms with van der Waals surface area (Å²) in [5, 5.41) is 9.47. The maximum atomic E-state index is 5.89. The van der Waals surface area contributed by atoms with E-state index in [2.05, 4.69) is 61.3 Å². The van der Waals surface area contributed by atoms with Crippen molar-refractivity contribution in [3.05, 3.63) is 70.5 Å². The molecule has 0 saturated heterocycles. The molecule has 0 unspecified atom stereocenters. The Hall–Kier alpha value is -2.27. The Bertz CT molecular complexity index is 853. The van der Waals surface area contributed by atoms with E-state index in [1.165, 1.54) is 22.3 Å². The fraction of sp³-hybridized carbons (Fsp3) is 0.300. The topological polar surface area (TPSA) is 39.9 Å². The van der Waals surface area contributed by atoms with Gasteiger partial charge < -0.3 is 9.30 Å². The third-order valence-electron chi connectivity index (χ3n) is 3.94. The van der Waals surface area contributed by atoms with Crippen LogP contribution in [-0.4, -0.2) is 14.8 Å². The normalized spacial score (nSPS) is 10.9. The van der Waals surface area contributed by atoms with Crippen molar-refractivity contribution in [2.24, 2.45) is 7.05 Å². The van der Waals surface area contributed by atoms with Gasteiger partial charge in [-0.25, -0.2) is 0 Å².